The van der Waals surface area contributed by atoms with Crippen molar-refractivity contribution in [1.82, 2.24) is 14.8 Å². The van der Waals surface area contributed by atoms with E-state index in [0.717, 1.165) is 35.7 Å². The van der Waals surface area contributed by atoms with Gasteiger partial charge in [0.2, 0.25) is 0 Å². The zero-order valence-electron chi connectivity index (χ0n) is 16.0. The second kappa shape index (κ2) is 8.36. The van der Waals surface area contributed by atoms with E-state index >= 15 is 0 Å². The Kier molecular flexibility index (Phi) is 5.86. The molecule has 1 amide bonds. The van der Waals surface area contributed by atoms with Crippen LogP contribution in [0.2, 0.25) is 0 Å². The zero-order valence-corrected chi connectivity index (χ0v) is 16.0. The molecule has 1 N–H and O–H groups in total. The van der Waals surface area contributed by atoms with Gasteiger partial charge in [0, 0.05) is 17.6 Å². The molecule has 0 bridgehead atoms. The molecule has 0 saturated carbocycles. The molecule has 10 heteroatoms. The minimum atomic E-state index is -4.46. The molecule has 0 unspecified atom stereocenters. The number of carbonyl (C=O) groups is 2. The first kappa shape index (κ1) is 21.0. The van der Waals surface area contributed by atoms with Crippen LogP contribution < -0.4 is 5.32 Å². The number of rotatable bonds is 5. The van der Waals surface area contributed by atoms with Crippen LogP contribution in [0, 0.1) is 13.8 Å². The van der Waals surface area contributed by atoms with Crippen LogP contribution in [0.1, 0.15) is 27.3 Å². The Morgan fingerprint density at radius 1 is 1.10 bits per heavy atom. The molecule has 7 nitrogen and oxygen atoms in total. The Labute approximate surface area is 169 Å². The van der Waals surface area contributed by atoms with Crippen LogP contribution in [0.4, 0.5) is 18.9 Å². The van der Waals surface area contributed by atoms with Crippen molar-refractivity contribution in [2.45, 2.75) is 20.0 Å². The van der Waals surface area contributed by atoms with Crippen LogP contribution in [0.3, 0.4) is 0 Å². The van der Waals surface area contributed by atoms with Crippen LogP contribution in [-0.4, -0.2) is 33.2 Å². The monoisotopic (exact) mass is 418 g/mol. The Bertz CT molecular complexity index is 1060. The average molecular weight is 418 g/mol. The largest absolute Gasteiger partial charge is 0.452 e. The van der Waals surface area contributed by atoms with Gasteiger partial charge in [0.15, 0.2) is 12.4 Å². The third-order valence-electron chi connectivity index (χ3n) is 4.04. The summed E-state index contributed by atoms with van der Waals surface area (Å²) in [6, 6.07) is 8.90. The Hall–Kier alpha value is -3.69. The molecule has 0 aliphatic carbocycles. The average Bonchev–Trinajstić information content (AvgIpc) is 3.04. The highest BCUT2D eigenvalue weighted by Crippen LogP contribution is 2.29. The van der Waals surface area contributed by atoms with Gasteiger partial charge in [-0.1, -0.05) is 0 Å². The Morgan fingerprint density at radius 2 is 1.80 bits per heavy atom. The van der Waals surface area contributed by atoms with Crippen molar-refractivity contribution >= 4 is 17.6 Å². The van der Waals surface area contributed by atoms with E-state index in [4.69, 9.17) is 4.74 Å². The van der Waals surface area contributed by atoms with Gasteiger partial charge in [0.25, 0.3) is 5.91 Å². The summed E-state index contributed by atoms with van der Waals surface area (Å²) in [7, 11) is 0. The Balaban J connectivity index is 1.55. The number of ether oxygens (including phenoxy) is 1. The number of aryl methyl sites for hydroxylation is 2. The number of hydrogen-bond donors (Lipinski definition) is 1. The van der Waals surface area contributed by atoms with Crippen molar-refractivity contribution in [2.24, 2.45) is 0 Å². The predicted octanol–water partition coefficient (Wildman–Crippen LogP) is 3.70. The molecule has 156 valence electrons. The number of aromatic nitrogens is 3. The van der Waals surface area contributed by atoms with Gasteiger partial charge < -0.3 is 10.1 Å². The van der Waals surface area contributed by atoms with Crippen molar-refractivity contribution in [3.63, 3.8) is 0 Å². The van der Waals surface area contributed by atoms with Gasteiger partial charge in [-0.15, -0.1) is 0 Å². The van der Waals surface area contributed by atoms with Crippen molar-refractivity contribution in [3.05, 3.63) is 71.2 Å². The minimum absolute atomic E-state index is 0.141. The lowest BCUT2D eigenvalue weighted by atomic mass is 10.2. The van der Waals surface area contributed by atoms with E-state index in [2.05, 4.69) is 15.4 Å². The normalized spacial score (nSPS) is 11.2. The highest BCUT2D eigenvalue weighted by molar-refractivity contribution is 5.95. The second-order valence-electron chi connectivity index (χ2n) is 6.44. The molecule has 2 heterocycles. The van der Waals surface area contributed by atoms with Gasteiger partial charge >= 0.3 is 12.1 Å². The molecule has 0 saturated heterocycles. The lowest BCUT2D eigenvalue weighted by molar-refractivity contribution is -0.137. The number of halogens is 3. The van der Waals surface area contributed by atoms with Crippen molar-refractivity contribution in [1.29, 1.82) is 0 Å². The summed E-state index contributed by atoms with van der Waals surface area (Å²) < 4.78 is 44.2. The smallest absolute Gasteiger partial charge is 0.416 e. The maximum Gasteiger partial charge on any atom is 0.416 e. The second-order valence-corrected chi connectivity index (χ2v) is 6.44. The number of esters is 1. The number of hydrogen-bond acceptors (Lipinski definition) is 5. The van der Waals surface area contributed by atoms with Gasteiger partial charge in [-0.2, -0.15) is 18.3 Å². The van der Waals surface area contributed by atoms with Gasteiger partial charge in [0.1, 0.15) is 0 Å². The molecule has 0 aliphatic heterocycles. The number of pyridine rings is 1. The molecular formula is C20H17F3N4O3. The number of carbonyl (C=O) groups excluding carboxylic acids is 2. The number of amides is 1. The number of nitrogens with zero attached hydrogens (tertiary/aromatic N) is 3. The highest BCUT2D eigenvalue weighted by atomic mass is 19.4. The molecule has 3 rings (SSSR count). The van der Waals surface area contributed by atoms with Crippen molar-refractivity contribution < 1.29 is 27.5 Å². The summed E-state index contributed by atoms with van der Waals surface area (Å²) in [6.07, 6.45) is -3.15. The van der Waals surface area contributed by atoms with E-state index in [0.29, 0.717) is 5.82 Å². The molecule has 0 fully saturated rings. The maximum atomic E-state index is 12.5. The lowest BCUT2D eigenvalue weighted by Gasteiger charge is -2.09. The molecule has 3 aromatic rings. The van der Waals surface area contributed by atoms with Crippen molar-refractivity contribution in [2.75, 3.05) is 11.9 Å². The van der Waals surface area contributed by atoms with E-state index in [9.17, 15) is 22.8 Å². The van der Waals surface area contributed by atoms with Crippen LogP contribution in [-0.2, 0) is 15.7 Å². The molecule has 0 atom stereocenters. The van der Waals surface area contributed by atoms with Crippen LogP contribution in [0.15, 0.2) is 48.7 Å². The molecule has 0 spiro atoms. The van der Waals surface area contributed by atoms with E-state index < -0.39 is 30.2 Å². The van der Waals surface area contributed by atoms with Crippen LogP contribution in [0.5, 0.6) is 0 Å². The van der Waals surface area contributed by atoms with Crippen LogP contribution in [0.25, 0.3) is 5.82 Å². The number of alkyl halides is 3. The maximum absolute atomic E-state index is 12.5. The van der Waals surface area contributed by atoms with E-state index in [-0.39, 0.29) is 11.3 Å². The standard InChI is InChI=1S/C20H17F3N4O3/c1-12-9-13(2)27(26-12)17-8-3-14(10-24-17)19(29)30-11-18(28)25-16-6-4-15(5-7-16)20(21,22)23/h3-10H,11H2,1-2H3,(H,25,28). The molecule has 1 aromatic carbocycles. The molecule has 30 heavy (non-hydrogen) atoms. The first-order valence-electron chi connectivity index (χ1n) is 8.77. The fourth-order valence-electron chi connectivity index (χ4n) is 2.65. The summed E-state index contributed by atoms with van der Waals surface area (Å²) in [5, 5.41) is 6.65. The highest BCUT2D eigenvalue weighted by Gasteiger charge is 2.30. The Morgan fingerprint density at radius 3 is 2.33 bits per heavy atom. The number of benzene rings is 1. The number of anilines is 1. The quantitative estimate of drug-likeness (QED) is 0.639. The zero-order chi connectivity index (χ0) is 21.9. The molecule has 0 radical (unpaired) electrons. The van der Waals surface area contributed by atoms with E-state index in [1.807, 2.05) is 19.9 Å². The van der Waals surface area contributed by atoms with Gasteiger partial charge in [-0.05, 0) is 56.3 Å². The summed E-state index contributed by atoms with van der Waals surface area (Å²) in [5.74, 6) is -0.919. The third-order valence-corrected chi connectivity index (χ3v) is 4.04. The molecule has 2 aromatic heterocycles. The fraction of sp³-hybridized carbons (Fsp3) is 0.200. The lowest BCUT2D eigenvalue weighted by Crippen LogP contribution is -2.21. The first-order chi connectivity index (χ1) is 14.1. The van der Waals surface area contributed by atoms with E-state index in [1.54, 1.807) is 10.7 Å². The topological polar surface area (TPSA) is 86.1 Å². The molecular weight excluding hydrogens is 401 g/mol. The fourth-order valence-corrected chi connectivity index (χ4v) is 2.65. The summed E-state index contributed by atoms with van der Waals surface area (Å²) in [4.78, 5) is 28.1. The van der Waals surface area contributed by atoms with Gasteiger partial charge in [-0.25, -0.2) is 14.5 Å². The van der Waals surface area contributed by atoms with Gasteiger partial charge in [0.05, 0.1) is 16.8 Å². The summed E-state index contributed by atoms with van der Waals surface area (Å²) >= 11 is 0. The molecule has 0 aliphatic rings. The first-order valence-corrected chi connectivity index (χ1v) is 8.77. The van der Waals surface area contributed by atoms with Crippen molar-refractivity contribution in [3.8, 4) is 5.82 Å². The predicted molar refractivity (Wildman–Crippen MR) is 101 cm³/mol. The van der Waals surface area contributed by atoms with Crippen LogP contribution >= 0.6 is 0 Å². The SMILES string of the molecule is Cc1cc(C)n(-c2ccc(C(=O)OCC(=O)Nc3ccc(C(F)(F)F)cc3)cn2)n1. The van der Waals surface area contributed by atoms with E-state index in [1.165, 1.54) is 12.3 Å². The minimum Gasteiger partial charge on any atom is -0.452 e. The summed E-state index contributed by atoms with van der Waals surface area (Å²) in [6.45, 7) is 3.13. The number of nitrogens with one attached hydrogen (secondary N) is 1. The van der Waals surface area contributed by atoms with Gasteiger partial charge in [-0.3, -0.25) is 4.79 Å². The third kappa shape index (κ3) is 5.02. The summed E-state index contributed by atoms with van der Waals surface area (Å²) in [5.41, 5.74) is 1.18.